The summed E-state index contributed by atoms with van der Waals surface area (Å²) in [7, 11) is 1.55. The SMILES string of the molecule is CNC(=O)Cn1cc(NC(=O)COC(C)C)cn1. The Bertz CT molecular complexity index is 414. The highest BCUT2D eigenvalue weighted by atomic mass is 16.5. The summed E-state index contributed by atoms with van der Waals surface area (Å²) in [5, 5.41) is 9.07. The second-order valence-corrected chi connectivity index (χ2v) is 4.01. The lowest BCUT2D eigenvalue weighted by Gasteiger charge is -2.06. The minimum atomic E-state index is -0.247. The van der Waals surface area contributed by atoms with Crippen LogP contribution in [0.2, 0.25) is 0 Å². The molecule has 2 N–H and O–H groups in total. The molecule has 100 valence electrons. The molecule has 1 rings (SSSR count). The Morgan fingerprint density at radius 1 is 1.44 bits per heavy atom. The Labute approximate surface area is 105 Å². The van der Waals surface area contributed by atoms with Crippen molar-refractivity contribution in [2.75, 3.05) is 19.0 Å². The molecule has 7 nitrogen and oxygen atoms in total. The number of rotatable bonds is 6. The maximum atomic E-state index is 11.5. The summed E-state index contributed by atoms with van der Waals surface area (Å²) in [4.78, 5) is 22.6. The molecule has 0 aliphatic rings. The summed E-state index contributed by atoms with van der Waals surface area (Å²) in [6.07, 6.45) is 3.07. The van der Waals surface area contributed by atoms with Crippen molar-refractivity contribution in [3.63, 3.8) is 0 Å². The molecule has 0 saturated carbocycles. The zero-order valence-electron chi connectivity index (χ0n) is 10.8. The van der Waals surface area contributed by atoms with Crippen molar-refractivity contribution in [1.82, 2.24) is 15.1 Å². The first-order chi connectivity index (χ1) is 8.51. The summed E-state index contributed by atoms with van der Waals surface area (Å²) >= 11 is 0. The van der Waals surface area contributed by atoms with Crippen molar-refractivity contribution in [2.24, 2.45) is 0 Å². The highest BCUT2D eigenvalue weighted by molar-refractivity contribution is 5.91. The van der Waals surface area contributed by atoms with Crippen molar-refractivity contribution >= 4 is 17.5 Å². The van der Waals surface area contributed by atoms with E-state index in [1.165, 1.54) is 10.9 Å². The van der Waals surface area contributed by atoms with Crippen LogP contribution in [0.3, 0.4) is 0 Å². The van der Waals surface area contributed by atoms with Gasteiger partial charge >= 0.3 is 0 Å². The van der Waals surface area contributed by atoms with Crippen LogP contribution in [-0.2, 0) is 20.9 Å². The summed E-state index contributed by atoms with van der Waals surface area (Å²) in [5.41, 5.74) is 0.538. The Balaban J connectivity index is 2.43. The molecule has 1 aromatic heterocycles. The van der Waals surface area contributed by atoms with Crippen molar-refractivity contribution in [2.45, 2.75) is 26.5 Å². The van der Waals surface area contributed by atoms with Crippen LogP contribution < -0.4 is 10.6 Å². The van der Waals surface area contributed by atoms with Crippen LogP contribution in [0.1, 0.15) is 13.8 Å². The number of carbonyl (C=O) groups excluding carboxylic acids is 2. The molecule has 1 heterocycles. The van der Waals surface area contributed by atoms with Gasteiger partial charge in [0.25, 0.3) is 0 Å². The molecule has 0 aliphatic heterocycles. The van der Waals surface area contributed by atoms with Gasteiger partial charge in [0.15, 0.2) is 0 Å². The van der Waals surface area contributed by atoms with Gasteiger partial charge in [0.05, 0.1) is 18.0 Å². The number of amides is 2. The highest BCUT2D eigenvalue weighted by Crippen LogP contribution is 2.04. The van der Waals surface area contributed by atoms with E-state index in [9.17, 15) is 9.59 Å². The number of nitrogens with one attached hydrogen (secondary N) is 2. The van der Waals surface area contributed by atoms with E-state index in [1.54, 1.807) is 13.2 Å². The number of anilines is 1. The zero-order chi connectivity index (χ0) is 13.5. The Morgan fingerprint density at radius 2 is 2.17 bits per heavy atom. The highest BCUT2D eigenvalue weighted by Gasteiger charge is 2.07. The third-order valence-corrected chi connectivity index (χ3v) is 2.05. The summed E-state index contributed by atoms with van der Waals surface area (Å²) in [5.74, 6) is -0.401. The molecule has 0 bridgehead atoms. The van der Waals surface area contributed by atoms with Crippen LogP contribution in [0.25, 0.3) is 0 Å². The van der Waals surface area contributed by atoms with Gasteiger partial charge in [-0.3, -0.25) is 14.3 Å². The third kappa shape index (κ3) is 4.96. The number of hydrogen-bond donors (Lipinski definition) is 2. The van der Waals surface area contributed by atoms with E-state index in [4.69, 9.17) is 4.74 Å². The smallest absolute Gasteiger partial charge is 0.250 e. The van der Waals surface area contributed by atoms with Crippen molar-refractivity contribution in [1.29, 1.82) is 0 Å². The number of likely N-dealkylation sites (N-methyl/N-ethyl adjacent to an activating group) is 1. The molecule has 0 saturated heterocycles. The summed E-state index contributed by atoms with van der Waals surface area (Å²) in [6, 6.07) is 0. The minimum Gasteiger partial charge on any atom is -0.369 e. The molecule has 0 fully saturated rings. The first kappa shape index (κ1) is 14.2. The Kier molecular flexibility index (Phi) is 5.31. The standard InChI is InChI=1S/C11H18N4O3/c1-8(2)18-7-11(17)14-9-4-13-15(5-9)6-10(16)12-3/h4-5,8H,6-7H2,1-3H3,(H,12,16)(H,14,17). The summed E-state index contributed by atoms with van der Waals surface area (Å²) in [6.45, 7) is 3.83. The second kappa shape index (κ2) is 6.75. The lowest BCUT2D eigenvalue weighted by molar-refractivity contribution is -0.122. The largest absolute Gasteiger partial charge is 0.369 e. The molecule has 0 atom stereocenters. The van der Waals surface area contributed by atoms with E-state index in [0.717, 1.165) is 0 Å². The topological polar surface area (TPSA) is 85.2 Å². The molecule has 0 aromatic carbocycles. The molecule has 1 aromatic rings. The molecular formula is C11H18N4O3. The monoisotopic (exact) mass is 254 g/mol. The number of aromatic nitrogens is 2. The molecule has 0 aliphatic carbocycles. The molecular weight excluding hydrogens is 236 g/mol. The molecule has 0 unspecified atom stereocenters. The minimum absolute atomic E-state index is 0.00169. The fourth-order valence-electron chi connectivity index (χ4n) is 1.18. The van der Waals surface area contributed by atoms with Crippen molar-refractivity contribution < 1.29 is 14.3 Å². The fraction of sp³-hybridized carbons (Fsp3) is 0.545. The Morgan fingerprint density at radius 3 is 2.78 bits per heavy atom. The van der Waals surface area contributed by atoms with Gasteiger partial charge in [-0.25, -0.2) is 0 Å². The van der Waals surface area contributed by atoms with Crippen LogP contribution in [-0.4, -0.2) is 41.4 Å². The average Bonchev–Trinajstić information content (AvgIpc) is 2.73. The third-order valence-electron chi connectivity index (χ3n) is 2.05. The van der Waals surface area contributed by atoms with Crippen LogP contribution in [0, 0.1) is 0 Å². The Hall–Kier alpha value is -1.89. The van der Waals surface area contributed by atoms with E-state index in [-0.39, 0.29) is 31.1 Å². The molecule has 18 heavy (non-hydrogen) atoms. The molecule has 7 heteroatoms. The van der Waals surface area contributed by atoms with Gasteiger partial charge in [-0.1, -0.05) is 0 Å². The molecule has 0 radical (unpaired) electrons. The van der Waals surface area contributed by atoms with Gasteiger partial charge in [-0.05, 0) is 13.8 Å². The number of nitrogens with zero attached hydrogens (tertiary/aromatic N) is 2. The van der Waals surface area contributed by atoms with Crippen LogP contribution in [0.4, 0.5) is 5.69 Å². The van der Waals surface area contributed by atoms with Gasteiger partial charge < -0.3 is 15.4 Å². The maximum absolute atomic E-state index is 11.5. The van der Waals surface area contributed by atoms with E-state index in [1.807, 2.05) is 13.8 Å². The van der Waals surface area contributed by atoms with Crippen LogP contribution in [0.5, 0.6) is 0 Å². The molecule has 0 spiro atoms. The van der Waals surface area contributed by atoms with Crippen molar-refractivity contribution in [3.05, 3.63) is 12.4 Å². The summed E-state index contributed by atoms with van der Waals surface area (Å²) < 4.78 is 6.60. The van der Waals surface area contributed by atoms with Gasteiger partial charge in [0.1, 0.15) is 13.2 Å². The predicted molar refractivity (Wildman–Crippen MR) is 66.0 cm³/mol. The van der Waals surface area contributed by atoms with E-state index >= 15 is 0 Å². The number of hydrogen-bond acceptors (Lipinski definition) is 4. The normalized spacial score (nSPS) is 10.4. The van der Waals surface area contributed by atoms with E-state index in [2.05, 4.69) is 15.7 Å². The average molecular weight is 254 g/mol. The van der Waals surface area contributed by atoms with Gasteiger partial charge in [-0.15, -0.1) is 0 Å². The maximum Gasteiger partial charge on any atom is 0.250 e. The fourth-order valence-corrected chi connectivity index (χ4v) is 1.18. The van der Waals surface area contributed by atoms with Gasteiger partial charge in [0, 0.05) is 13.2 Å². The zero-order valence-corrected chi connectivity index (χ0v) is 10.8. The quantitative estimate of drug-likeness (QED) is 0.748. The number of carbonyl (C=O) groups is 2. The molecule has 2 amide bonds. The van der Waals surface area contributed by atoms with Crippen LogP contribution >= 0.6 is 0 Å². The van der Waals surface area contributed by atoms with Crippen molar-refractivity contribution in [3.8, 4) is 0 Å². The van der Waals surface area contributed by atoms with Gasteiger partial charge in [0.2, 0.25) is 11.8 Å². The number of ether oxygens (including phenoxy) is 1. The first-order valence-electron chi connectivity index (χ1n) is 5.65. The predicted octanol–water partition coefficient (Wildman–Crippen LogP) is -0.00740. The first-order valence-corrected chi connectivity index (χ1v) is 5.65. The lowest BCUT2D eigenvalue weighted by atomic mass is 10.4. The van der Waals surface area contributed by atoms with Crippen LogP contribution in [0.15, 0.2) is 12.4 Å². The van der Waals surface area contributed by atoms with E-state index in [0.29, 0.717) is 5.69 Å². The lowest BCUT2D eigenvalue weighted by Crippen LogP contribution is -2.23. The van der Waals surface area contributed by atoms with Gasteiger partial charge in [-0.2, -0.15) is 5.10 Å². The van der Waals surface area contributed by atoms with E-state index < -0.39 is 0 Å². The second-order valence-electron chi connectivity index (χ2n) is 4.01.